The molecule has 2 amide bonds. The molecule has 2 aliphatic heterocycles. The van der Waals surface area contributed by atoms with E-state index in [0.717, 1.165) is 31.9 Å². The normalized spacial score (nSPS) is 21.8. The number of para-hydroxylation sites is 1. The summed E-state index contributed by atoms with van der Waals surface area (Å²) in [4.78, 5) is 19.2. The highest BCUT2D eigenvalue weighted by Gasteiger charge is 2.27. The molecule has 5 heteroatoms. The van der Waals surface area contributed by atoms with Gasteiger partial charge in [0.1, 0.15) is 0 Å². The van der Waals surface area contributed by atoms with Crippen LogP contribution in [0.25, 0.3) is 0 Å². The number of rotatable bonds is 2. The van der Waals surface area contributed by atoms with Crippen LogP contribution in [0.4, 0.5) is 10.5 Å². The van der Waals surface area contributed by atoms with Crippen molar-refractivity contribution < 1.29 is 4.79 Å². The summed E-state index contributed by atoms with van der Waals surface area (Å²) in [7, 11) is 2.20. The molecule has 120 valence electrons. The maximum atomic E-state index is 12.3. The molecule has 2 fully saturated rings. The third kappa shape index (κ3) is 3.78. The molecule has 0 aliphatic carbocycles. The van der Waals surface area contributed by atoms with Crippen LogP contribution in [-0.2, 0) is 0 Å². The SMILES string of the molecule is CN1CCC(N2CCN(C(=O)Nc3ccccc3)CC2)CC1. The van der Waals surface area contributed by atoms with E-state index in [4.69, 9.17) is 0 Å². The second-order valence-electron chi connectivity index (χ2n) is 6.35. The Kier molecular flexibility index (Phi) is 4.95. The summed E-state index contributed by atoms with van der Waals surface area (Å²) in [6.07, 6.45) is 2.51. The number of hydrogen-bond donors (Lipinski definition) is 1. The first-order chi connectivity index (χ1) is 10.7. The van der Waals surface area contributed by atoms with E-state index >= 15 is 0 Å². The van der Waals surface area contributed by atoms with Crippen LogP contribution in [0.1, 0.15) is 12.8 Å². The maximum absolute atomic E-state index is 12.3. The minimum Gasteiger partial charge on any atom is -0.322 e. The number of nitrogens with one attached hydrogen (secondary N) is 1. The fourth-order valence-electron chi connectivity index (χ4n) is 3.37. The fraction of sp³-hybridized carbons (Fsp3) is 0.588. The van der Waals surface area contributed by atoms with Crippen LogP contribution in [-0.4, -0.2) is 73.1 Å². The number of piperazine rings is 1. The van der Waals surface area contributed by atoms with Gasteiger partial charge in [-0.3, -0.25) is 4.90 Å². The minimum absolute atomic E-state index is 0.0224. The van der Waals surface area contributed by atoms with Gasteiger partial charge in [0.2, 0.25) is 0 Å². The van der Waals surface area contributed by atoms with Gasteiger partial charge in [-0.05, 0) is 45.1 Å². The fourth-order valence-corrected chi connectivity index (χ4v) is 3.37. The van der Waals surface area contributed by atoms with E-state index in [1.807, 2.05) is 35.2 Å². The topological polar surface area (TPSA) is 38.8 Å². The molecule has 0 saturated carbocycles. The van der Waals surface area contributed by atoms with Gasteiger partial charge in [0.05, 0.1) is 0 Å². The van der Waals surface area contributed by atoms with Gasteiger partial charge in [-0.15, -0.1) is 0 Å². The summed E-state index contributed by atoms with van der Waals surface area (Å²) < 4.78 is 0. The standard InChI is InChI=1S/C17H26N4O/c1-19-9-7-16(8-10-19)20-11-13-21(14-12-20)17(22)18-15-5-3-2-4-6-15/h2-6,16H,7-14H2,1H3,(H,18,22). The molecule has 1 aromatic rings. The summed E-state index contributed by atoms with van der Waals surface area (Å²) in [6, 6.07) is 10.4. The zero-order chi connectivity index (χ0) is 15.4. The van der Waals surface area contributed by atoms with Gasteiger partial charge >= 0.3 is 6.03 Å². The monoisotopic (exact) mass is 302 g/mol. The third-order valence-corrected chi connectivity index (χ3v) is 4.83. The van der Waals surface area contributed by atoms with Crippen LogP contribution in [0, 0.1) is 0 Å². The lowest BCUT2D eigenvalue weighted by atomic mass is 10.0. The highest BCUT2D eigenvalue weighted by molar-refractivity contribution is 5.89. The molecule has 0 bridgehead atoms. The predicted octanol–water partition coefficient (Wildman–Crippen LogP) is 1.93. The van der Waals surface area contributed by atoms with Gasteiger partial charge in [-0.2, -0.15) is 0 Å². The Balaban J connectivity index is 1.46. The molecule has 2 heterocycles. The third-order valence-electron chi connectivity index (χ3n) is 4.83. The van der Waals surface area contributed by atoms with Crippen LogP contribution in [0.5, 0.6) is 0 Å². The van der Waals surface area contributed by atoms with Crippen molar-refractivity contribution in [3.63, 3.8) is 0 Å². The van der Waals surface area contributed by atoms with Crippen molar-refractivity contribution >= 4 is 11.7 Å². The molecule has 1 aromatic carbocycles. The lowest BCUT2D eigenvalue weighted by Crippen LogP contribution is -2.54. The van der Waals surface area contributed by atoms with Crippen LogP contribution in [0.15, 0.2) is 30.3 Å². The molecular formula is C17H26N4O. The molecule has 0 unspecified atom stereocenters. The number of amides is 2. The number of anilines is 1. The predicted molar refractivity (Wildman–Crippen MR) is 89.1 cm³/mol. The average Bonchev–Trinajstić information content (AvgIpc) is 2.57. The summed E-state index contributed by atoms with van der Waals surface area (Å²) in [5, 5.41) is 2.97. The number of hydrogen-bond acceptors (Lipinski definition) is 3. The first-order valence-corrected chi connectivity index (χ1v) is 8.26. The largest absolute Gasteiger partial charge is 0.322 e. The number of benzene rings is 1. The summed E-state index contributed by atoms with van der Waals surface area (Å²) in [5.74, 6) is 0. The molecule has 3 rings (SSSR count). The van der Waals surface area contributed by atoms with Crippen LogP contribution < -0.4 is 5.32 Å². The molecule has 2 aliphatic rings. The van der Waals surface area contributed by atoms with E-state index in [0.29, 0.717) is 6.04 Å². The molecule has 0 aromatic heterocycles. The number of carbonyl (C=O) groups is 1. The molecule has 1 N–H and O–H groups in total. The van der Waals surface area contributed by atoms with Gasteiger partial charge in [0.15, 0.2) is 0 Å². The lowest BCUT2D eigenvalue weighted by Gasteiger charge is -2.42. The van der Waals surface area contributed by atoms with Gasteiger partial charge in [0.25, 0.3) is 0 Å². The average molecular weight is 302 g/mol. The Bertz CT molecular complexity index is 477. The molecule has 0 spiro atoms. The minimum atomic E-state index is 0.0224. The van der Waals surface area contributed by atoms with Gasteiger partial charge in [-0.1, -0.05) is 18.2 Å². The Labute approximate surface area is 132 Å². The first-order valence-electron chi connectivity index (χ1n) is 8.26. The zero-order valence-electron chi connectivity index (χ0n) is 13.4. The molecule has 22 heavy (non-hydrogen) atoms. The molecule has 0 atom stereocenters. The number of piperidine rings is 1. The Morgan fingerprint density at radius 1 is 1.00 bits per heavy atom. The first kappa shape index (κ1) is 15.3. The molecule has 5 nitrogen and oxygen atoms in total. The highest BCUT2D eigenvalue weighted by atomic mass is 16.2. The number of urea groups is 1. The number of nitrogens with zero attached hydrogens (tertiary/aromatic N) is 3. The van der Waals surface area contributed by atoms with E-state index in [9.17, 15) is 4.79 Å². The van der Waals surface area contributed by atoms with Crippen LogP contribution in [0.3, 0.4) is 0 Å². The maximum Gasteiger partial charge on any atom is 0.321 e. The van der Waals surface area contributed by atoms with Crippen molar-refractivity contribution in [2.75, 3.05) is 51.6 Å². The van der Waals surface area contributed by atoms with Crippen molar-refractivity contribution in [2.45, 2.75) is 18.9 Å². The molecule has 2 saturated heterocycles. The molecule has 0 radical (unpaired) electrons. The van der Waals surface area contributed by atoms with Crippen molar-refractivity contribution in [3.8, 4) is 0 Å². The quantitative estimate of drug-likeness (QED) is 0.907. The lowest BCUT2D eigenvalue weighted by molar-refractivity contribution is 0.0775. The van der Waals surface area contributed by atoms with Crippen molar-refractivity contribution in [1.29, 1.82) is 0 Å². The smallest absolute Gasteiger partial charge is 0.321 e. The van der Waals surface area contributed by atoms with Gasteiger partial charge in [0, 0.05) is 37.9 Å². The summed E-state index contributed by atoms with van der Waals surface area (Å²) in [5.41, 5.74) is 0.866. The van der Waals surface area contributed by atoms with Crippen molar-refractivity contribution in [3.05, 3.63) is 30.3 Å². The highest BCUT2D eigenvalue weighted by Crippen LogP contribution is 2.18. The van der Waals surface area contributed by atoms with Crippen molar-refractivity contribution in [1.82, 2.24) is 14.7 Å². The van der Waals surface area contributed by atoms with Crippen molar-refractivity contribution in [2.24, 2.45) is 0 Å². The second kappa shape index (κ2) is 7.11. The van der Waals surface area contributed by atoms with Crippen LogP contribution >= 0.6 is 0 Å². The Hall–Kier alpha value is -1.59. The number of likely N-dealkylation sites (tertiary alicyclic amines) is 1. The zero-order valence-corrected chi connectivity index (χ0v) is 13.4. The van der Waals surface area contributed by atoms with Crippen LogP contribution in [0.2, 0.25) is 0 Å². The van der Waals surface area contributed by atoms with E-state index in [1.165, 1.54) is 25.9 Å². The number of carbonyl (C=O) groups excluding carboxylic acids is 1. The van der Waals surface area contributed by atoms with E-state index in [1.54, 1.807) is 0 Å². The van der Waals surface area contributed by atoms with E-state index in [2.05, 4.69) is 22.2 Å². The second-order valence-corrected chi connectivity index (χ2v) is 6.35. The van der Waals surface area contributed by atoms with Gasteiger partial charge in [-0.25, -0.2) is 4.79 Å². The summed E-state index contributed by atoms with van der Waals surface area (Å²) >= 11 is 0. The van der Waals surface area contributed by atoms with E-state index in [-0.39, 0.29) is 6.03 Å². The molecular weight excluding hydrogens is 276 g/mol. The Morgan fingerprint density at radius 3 is 2.27 bits per heavy atom. The van der Waals surface area contributed by atoms with Gasteiger partial charge < -0.3 is 15.1 Å². The van der Waals surface area contributed by atoms with E-state index < -0.39 is 0 Å². The Morgan fingerprint density at radius 2 is 1.64 bits per heavy atom. The summed E-state index contributed by atoms with van der Waals surface area (Å²) in [6.45, 7) is 6.03.